The van der Waals surface area contributed by atoms with Gasteiger partial charge in [-0.3, -0.25) is 0 Å². The van der Waals surface area contributed by atoms with Gasteiger partial charge in [-0.2, -0.15) is 13.2 Å². The number of nitrogens with one attached hydrogen (secondary N) is 1. The van der Waals surface area contributed by atoms with Gasteiger partial charge in [-0.1, -0.05) is 11.6 Å². The number of halogens is 7. The van der Waals surface area contributed by atoms with Crippen molar-refractivity contribution in [2.24, 2.45) is 0 Å². The lowest BCUT2D eigenvalue weighted by molar-refractivity contribution is -0.138. The fourth-order valence-electron chi connectivity index (χ4n) is 1.80. The second-order valence-corrected chi connectivity index (χ2v) is 4.68. The van der Waals surface area contributed by atoms with Crippen LogP contribution in [0.15, 0.2) is 12.1 Å². The molecule has 1 aromatic carbocycles. The third-order valence-electron chi connectivity index (χ3n) is 2.77. The van der Waals surface area contributed by atoms with Crippen molar-refractivity contribution in [3.05, 3.63) is 34.1 Å². The van der Waals surface area contributed by atoms with Crippen LogP contribution in [0.3, 0.4) is 0 Å². The molecule has 1 saturated heterocycles. The van der Waals surface area contributed by atoms with E-state index in [4.69, 9.17) is 11.6 Å². The Morgan fingerprint density at radius 3 is 2.52 bits per heavy atom. The van der Waals surface area contributed by atoms with Crippen LogP contribution < -0.4 is 5.32 Å². The van der Waals surface area contributed by atoms with Crippen LogP contribution in [0.2, 0.25) is 5.02 Å². The molecule has 1 amide bonds. The van der Waals surface area contributed by atoms with E-state index >= 15 is 0 Å². The second kappa shape index (κ2) is 4.97. The lowest BCUT2D eigenvalue weighted by Gasteiger charge is -2.32. The van der Waals surface area contributed by atoms with Crippen LogP contribution in [0.4, 0.5) is 31.1 Å². The molecule has 0 spiro atoms. The summed E-state index contributed by atoms with van der Waals surface area (Å²) in [6, 6.07) is -1.84. The summed E-state index contributed by atoms with van der Waals surface area (Å²) in [6.07, 6.45) is -6.20. The van der Waals surface area contributed by atoms with Gasteiger partial charge in [0.2, 0.25) is 0 Å². The van der Waals surface area contributed by atoms with Gasteiger partial charge in [0.05, 0.1) is 10.6 Å². The maximum absolute atomic E-state index is 13.8. The summed E-state index contributed by atoms with van der Waals surface area (Å²) < 4.78 is 83.0. The van der Waals surface area contributed by atoms with Crippen molar-refractivity contribution in [2.45, 2.75) is 18.1 Å². The molecule has 1 aromatic rings. The van der Waals surface area contributed by atoms with Gasteiger partial charge in [0.1, 0.15) is 11.9 Å². The summed E-state index contributed by atoms with van der Waals surface area (Å²) in [5, 5.41) is 0.617. The molecule has 0 radical (unpaired) electrons. The van der Waals surface area contributed by atoms with E-state index in [-0.39, 0.29) is 12.1 Å². The van der Waals surface area contributed by atoms with E-state index in [1.165, 1.54) is 0 Å². The maximum atomic E-state index is 13.8. The number of alkyl halides is 5. The molecular formula is C11H6ClF6NO2. The zero-order chi connectivity index (χ0) is 16.0. The van der Waals surface area contributed by atoms with E-state index < -0.39 is 52.8 Å². The molecule has 10 heteroatoms. The molecule has 1 atom stereocenters. The number of alkyl carbamates (subject to hydrolysis) is 1. The molecular weight excluding hydrogens is 328 g/mol. The van der Waals surface area contributed by atoms with E-state index in [9.17, 15) is 31.1 Å². The minimum Gasteiger partial charge on any atom is -0.443 e. The number of amides is 1. The summed E-state index contributed by atoms with van der Waals surface area (Å²) in [6.45, 7) is -1.38. The molecule has 0 aromatic heterocycles. The molecule has 3 nitrogen and oxygen atoms in total. The summed E-state index contributed by atoms with van der Waals surface area (Å²) >= 11 is 5.31. The van der Waals surface area contributed by atoms with Gasteiger partial charge >= 0.3 is 18.2 Å². The van der Waals surface area contributed by atoms with Gasteiger partial charge in [-0.25, -0.2) is 18.0 Å². The topological polar surface area (TPSA) is 38.3 Å². The van der Waals surface area contributed by atoms with Crippen molar-refractivity contribution in [2.75, 3.05) is 6.61 Å². The molecule has 1 aliphatic rings. The number of hydrogen-bond donors (Lipinski definition) is 1. The highest BCUT2D eigenvalue weighted by molar-refractivity contribution is 6.30. The fourth-order valence-corrected chi connectivity index (χ4v) is 2.03. The highest BCUT2D eigenvalue weighted by Gasteiger charge is 2.48. The first kappa shape index (κ1) is 15.7. The normalized spacial score (nSPS) is 21.7. The Morgan fingerprint density at radius 2 is 1.95 bits per heavy atom. The minimum atomic E-state index is -4.91. The van der Waals surface area contributed by atoms with Crippen molar-refractivity contribution in [3.63, 3.8) is 0 Å². The molecule has 1 aliphatic heterocycles. The fraction of sp³-hybridized carbons (Fsp3) is 0.364. The first-order valence-corrected chi connectivity index (χ1v) is 5.77. The molecule has 1 N–H and O–H groups in total. The van der Waals surface area contributed by atoms with Crippen molar-refractivity contribution in [3.8, 4) is 0 Å². The second-order valence-electron chi connectivity index (χ2n) is 4.27. The number of carbonyl (C=O) groups is 1. The smallest absolute Gasteiger partial charge is 0.416 e. The molecule has 0 saturated carbocycles. The number of ether oxygens (including phenoxy) is 1. The highest BCUT2D eigenvalue weighted by Crippen LogP contribution is 2.40. The molecule has 0 bridgehead atoms. The van der Waals surface area contributed by atoms with Gasteiger partial charge in [0.25, 0.3) is 0 Å². The van der Waals surface area contributed by atoms with Gasteiger partial charge < -0.3 is 10.1 Å². The van der Waals surface area contributed by atoms with Crippen LogP contribution in [0.5, 0.6) is 0 Å². The molecule has 116 valence electrons. The van der Waals surface area contributed by atoms with Crippen molar-refractivity contribution < 1.29 is 35.9 Å². The lowest BCUT2D eigenvalue weighted by Crippen LogP contribution is -2.50. The van der Waals surface area contributed by atoms with E-state index in [1.807, 2.05) is 0 Å². The van der Waals surface area contributed by atoms with E-state index in [0.29, 0.717) is 0 Å². The third kappa shape index (κ3) is 3.02. The number of benzene rings is 1. The predicted octanol–water partition coefficient (Wildman–Crippen LogP) is 3.91. The Morgan fingerprint density at radius 1 is 1.33 bits per heavy atom. The van der Waals surface area contributed by atoms with Crippen LogP contribution >= 0.6 is 11.6 Å². The van der Waals surface area contributed by atoms with Gasteiger partial charge in [-0.15, -0.1) is 0 Å². The predicted molar refractivity (Wildman–Crippen MR) is 58.6 cm³/mol. The van der Waals surface area contributed by atoms with Gasteiger partial charge in [0, 0.05) is 5.56 Å². The standard InChI is InChI=1S/C11H6ClF6NO2/c12-6-2-4(11(16,17)18)1-5(7(6)13)8-10(14,15)3-21-9(20)19-8/h1-2,8H,3H2,(H,19,20)/t8-/m1/s1. The first-order valence-electron chi connectivity index (χ1n) is 5.39. The lowest BCUT2D eigenvalue weighted by atomic mass is 9.97. The van der Waals surface area contributed by atoms with Gasteiger partial charge in [-0.05, 0) is 12.1 Å². The maximum Gasteiger partial charge on any atom is 0.416 e. The third-order valence-corrected chi connectivity index (χ3v) is 3.05. The molecule has 0 aliphatic carbocycles. The average Bonchev–Trinajstić information content (AvgIpc) is 2.34. The quantitative estimate of drug-likeness (QED) is 0.791. The zero-order valence-corrected chi connectivity index (χ0v) is 10.7. The number of cyclic esters (lactones) is 1. The Bertz CT molecular complexity index is 589. The van der Waals surface area contributed by atoms with Crippen LogP contribution in [-0.2, 0) is 10.9 Å². The largest absolute Gasteiger partial charge is 0.443 e. The van der Waals surface area contributed by atoms with Crippen LogP contribution in [-0.4, -0.2) is 18.6 Å². The van der Waals surface area contributed by atoms with E-state index in [0.717, 1.165) is 0 Å². The van der Waals surface area contributed by atoms with Crippen molar-refractivity contribution in [1.82, 2.24) is 5.32 Å². The monoisotopic (exact) mass is 333 g/mol. The summed E-state index contributed by atoms with van der Waals surface area (Å²) in [5.74, 6) is -5.25. The molecule has 0 unspecified atom stereocenters. The zero-order valence-electron chi connectivity index (χ0n) is 9.90. The number of rotatable bonds is 1. The Hall–Kier alpha value is -1.64. The first-order chi connectivity index (χ1) is 9.52. The van der Waals surface area contributed by atoms with E-state index in [1.54, 1.807) is 5.32 Å². The summed E-state index contributed by atoms with van der Waals surface area (Å²) in [7, 11) is 0. The summed E-state index contributed by atoms with van der Waals surface area (Å²) in [4.78, 5) is 11.0. The molecule has 1 heterocycles. The number of hydrogen-bond acceptors (Lipinski definition) is 2. The van der Waals surface area contributed by atoms with Crippen LogP contribution in [0.25, 0.3) is 0 Å². The highest BCUT2D eigenvalue weighted by atomic mass is 35.5. The molecule has 2 rings (SSSR count). The van der Waals surface area contributed by atoms with E-state index in [2.05, 4.69) is 4.74 Å². The van der Waals surface area contributed by atoms with Crippen LogP contribution in [0.1, 0.15) is 17.2 Å². The Balaban J connectivity index is 2.56. The molecule has 1 fully saturated rings. The van der Waals surface area contributed by atoms with Crippen molar-refractivity contribution in [1.29, 1.82) is 0 Å². The van der Waals surface area contributed by atoms with Gasteiger partial charge in [0.15, 0.2) is 6.61 Å². The number of carbonyl (C=O) groups excluding carboxylic acids is 1. The molecule has 21 heavy (non-hydrogen) atoms. The Labute approximate surface area is 118 Å². The van der Waals surface area contributed by atoms with Crippen LogP contribution in [0, 0.1) is 5.82 Å². The average molecular weight is 334 g/mol. The minimum absolute atomic E-state index is 0.186. The Kier molecular flexibility index (Phi) is 3.73. The summed E-state index contributed by atoms with van der Waals surface area (Å²) in [5.41, 5.74) is -2.46. The van der Waals surface area contributed by atoms with Crippen molar-refractivity contribution >= 4 is 17.7 Å². The SMILES string of the molecule is O=C1N[C@H](c2cc(C(F)(F)F)cc(Cl)c2F)C(F)(F)CO1.